The first-order valence-corrected chi connectivity index (χ1v) is 10.6. The molecule has 1 unspecified atom stereocenters. The number of guanidine groups is 1. The molecule has 1 atom stereocenters. The fraction of sp³-hybridized carbons (Fsp3) is 0.391. The van der Waals surface area contributed by atoms with Crippen molar-refractivity contribution < 1.29 is 8.94 Å². The molecule has 2 aromatic heterocycles. The Bertz CT molecular complexity index is 914. The Hall–Kier alpha value is -3.06. The Labute approximate surface area is 177 Å². The molecule has 0 saturated carbocycles. The van der Waals surface area contributed by atoms with Crippen molar-refractivity contribution in [3.63, 3.8) is 0 Å². The fourth-order valence-electron chi connectivity index (χ4n) is 3.76. The summed E-state index contributed by atoms with van der Waals surface area (Å²) >= 11 is 0. The minimum absolute atomic E-state index is 0.197. The van der Waals surface area contributed by atoms with Crippen LogP contribution in [-0.2, 0) is 6.54 Å². The molecular formula is C23H29N5O2. The Morgan fingerprint density at radius 1 is 1.13 bits per heavy atom. The van der Waals surface area contributed by atoms with E-state index in [0.29, 0.717) is 6.54 Å². The lowest BCUT2D eigenvalue weighted by molar-refractivity contribution is 0.215. The van der Waals surface area contributed by atoms with Crippen molar-refractivity contribution >= 4 is 5.96 Å². The molecule has 0 aliphatic carbocycles. The van der Waals surface area contributed by atoms with Crippen LogP contribution in [0, 0.1) is 0 Å². The maximum absolute atomic E-state index is 5.71. The Kier molecular flexibility index (Phi) is 6.82. The van der Waals surface area contributed by atoms with Crippen molar-refractivity contribution in [2.45, 2.75) is 32.4 Å². The van der Waals surface area contributed by atoms with E-state index in [1.807, 2.05) is 42.5 Å². The van der Waals surface area contributed by atoms with Gasteiger partial charge in [0.15, 0.2) is 11.7 Å². The maximum atomic E-state index is 5.71. The Morgan fingerprint density at radius 3 is 2.70 bits per heavy atom. The van der Waals surface area contributed by atoms with E-state index in [2.05, 4.69) is 33.7 Å². The highest BCUT2D eigenvalue weighted by Crippen LogP contribution is 2.25. The van der Waals surface area contributed by atoms with Gasteiger partial charge in [0.2, 0.25) is 0 Å². The number of nitrogens with one attached hydrogen (secondary N) is 2. The second-order valence-corrected chi connectivity index (χ2v) is 7.40. The second kappa shape index (κ2) is 10.1. The van der Waals surface area contributed by atoms with Gasteiger partial charge in [-0.05, 0) is 45.0 Å². The molecule has 2 N–H and O–H groups in total. The molecule has 7 nitrogen and oxygen atoms in total. The highest BCUT2D eigenvalue weighted by atomic mass is 16.5. The lowest BCUT2D eigenvalue weighted by Crippen LogP contribution is -2.42. The van der Waals surface area contributed by atoms with Crippen LogP contribution in [-0.4, -0.2) is 42.2 Å². The SMILES string of the molecule is CCNC(=NCc1cc(-c2ccccc2)on1)NCC(c1ccco1)N1CCCC1. The average Bonchev–Trinajstić information content (AvgIpc) is 3.56. The zero-order valence-corrected chi connectivity index (χ0v) is 17.4. The van der Waals surface area contributed by atoms with Gasteiger partial charge in [0, 0.05) is 24.7 Å². The summed E-state index contributed by atoms with van der Waals surface area (Å²) in [6.07, 6.45) is 4.22. The van der Waals surface area contributed by atoms with Gasteiger partial charge >= 0.3 is 0 Å². The molecule has 1 saturated heterocycles. The summed E-state index contributed by atoms with van der Waals surface area (Å²) in [6, 6.07) is 16.1. The third-order valence-electron chi connectivity index (χ3n) is 5.28. The van der Waals surface area contributed by atoms with E-state index in [1.54, 1.807) is 6.26 Å². The van der Waals surface area contributed by atoms with Gasteiger partial charge in [-0.2, -0.15) is 0 Å². The van der Waals surface area contributed by atoms with Crippen molar-refractivity contribution in [1.82, 2.24) is 20.7 Å². The zero-order chi connectivity index (χ0) is 20.6. The summed E-state index contributed by atoms with van der Waals surface area (Å²) in [7, 11) is 0. The van der Waals surface area contributed by atoms with Gasteiger partial charge in [0.05, 0.1) is 18.8 Å². The molecule has 3 aromatic rings. The van der Waals surface area contributed by atoms with E-state index in [0.717, 1.165) is 54.9 Å². The zero-order valence-electron chi connectivity index (χ0n) is 17.4. The number of furan rings is 1. The van der Waals surface area contributed by atoms with E-state index >= 15 is 0 Å². The monoisotopic (exact) mass is 407 g/mol. The highest BCUT2D eigenvalue weighted by molar-refractivity contribution is 5.79. The lowest BCUT2D eigenvalue weighted by Gasteiger charge is -2.26. The van der Waals surface area contributed by atoms with Crippen LogP contribution in [0.1, 0.15) is 37.3 Å². The third kappa shape index (κ3) is 5.10. The topological polar surface area (TPSA) is 78.8 Å². The van der Waals surface area contributed by atoms with E-state index in [4.69, 9.17) is 13.9 Å². The molecule has 0 radical (unpaired) electrons. The van der Waals surface area contributed by atoms with Gasteiger partial charge in [-0.15, -0.1) is 0 Å². The molecule has 1 fully saturated rings. The first kappa shape index (κ1) is 20.2. The predicted octanol–water partition coefficient (Wildman–Crippen LogP) is 3.83. The van der Waals surface area contributed by atoms with Crippen molar-refractivity contribution in [2.75, 3.05) is 26.2 Å². The Morgan fingerprint density at radius 2 is 1.97 bits per heavy atom. The van der Waals surface area contributed by atoms with Crippen LogP contribution < -0.4 is 10.6 Å². The number of hydrogen-bond acceptors (Lipinski definition) is 5. The standard InChI is InChI=1S/C23H29N5O2/c1-2-24-23(25-16-19-15-22(30-27-19)18-9-4-3-5-10-18)26-17-20(21-11-8-14-29-21)28-12-6-7-13-28/h3-5,8-11,14-15,20H,2,6-7,12-13,16-17H2,1H3,(H2,24,25,26). The fourth-order valence-corrected chi connectivity index (χ4v) is 3.76. The molecule has 1 aromatic carbocycles. The molecule has 4 rings (SSSR count). The highest BCUT2D eigenvalue weighted by Gasteiger charge is 2.25. The van der Waals surface area contributed by atoms with Gasteiger partial charge in [-0.3, -0.25) is 4.90 Å². The van der Waals surface area contributed by atoms with Crippen molar-refractivity contribution in [2.24, 2.45) is 4.99 Å². The molecule has 0 bridgehead atoms. The molecule has 158 valence electrons. The van der Waals surface area contributed by atoms with E-state index < -0.39 is 0 Å². The number of nitrogens with zero attached hydrogens (tertiary/aromatic N) is 3. The first-order chi connectivity index (χ1) is 14.8. The molecule has 0 spiro atoms. The maximum Gasteiger partial charge on any atom is 0.191 e. The lowest BCUT2D eigenvalue weighted by atomic mass is 10.2. The van der Waals surface area contributed by atoms with Crippen LogP contribution in [0.3, 0.4) is 0 Å². The van der Waals surface area contributed by atoms with E-state index in [-0.39, 0.29) is 6.04 Å². The molecule has 7 heteroatoms. The normalized spacial score (nSPS) is 16.0. The summed E-state index contributed by atoms with van der Waals surface area (Å²) in [5.74, 6) is 2.51. The Balaban J connectivity index is 1.40. The predicted molar refractivity (Wildman–Crippen MR) is 117 cm³/mol. The summed E-state index contributed by atoms with van der Waals surface area (Å²) in [5, 5.41) is 11.0. The summed E-state index contributed by atoms with van der Waals surface area (Å²) < 4.78 is 11.2. The summed E-state index contributed by atoms with van der Waals surface area (Å²) in [6.45, 7) is 6.22. The molecule has 3 heterocycles. The number of benzene rings is 1. The largest absolute Gasteiger partial charge is 0.468 e. The van der Waals surface area contributed by atoms with Crippen LogP contribution in [0.5, 0.6) is 0 Å². The number of rotatable bonds is 8. The molecule has 1 aliphatic rings. The van der Waals surface area contributed by atoms with Crippen LogP contribution in [0.4, 0.5) is 0 Å². The van der Waals surface area contributed by atoms with E-state index in [9.17, 15) is 0 Å². The van der Waals surface area contributed by atoms with Crippen LogP contribution >= 0.6 is 0 Å². The van der Waals surface area contributed by atoms with Gasteiger partial charge in [-0.25, -0.2) is 4.99 Å². The van der Waals surface area contributed by atoms with Crippen molar-refractivity contribution in [3.8, 4) is 11.3 Å². The van der Waals surface area contributed by atoms with Gasteiger partial charge in [-0.1, -0.05) is 35.5 Å². The molecule has 30 heavy (non-hydrogen) atoms. The smallest absolute Gasteiger partial charge is 0.191 e. The van der Waals surface area contributed by atoms with Crippen LogP contribution in [0.25, 0.3) is 11.3 Å². The van der Waals surface area contributed by atoms with Crippen molar-refractivity contribution in [3.05, 3.63) is 66.2 Å². The number of likely N-dealkylation sites (tertiary alicyclic amines) is 1. The average molecular weight is 408 g/mol. The summed E-state index contributed by atoms with van der Waals surface area (Å²) in [4.78, 5) is 7.16. The second-order valence-electron chi connectivity index (χ2n) is 7.40. The first-order valence-electron chi connectivity index (χ1n) is 10.6. The van der Waals surface area contributed by atoms with Crippen LogP contribution in [0.15, 0.2) is 68.7 Å². The van der Waals surface area contributed by atoms with Crippen LogP contribution in [0.2, 0.25) is 0 Å². The molecular weight excluding hydrogens is 378 g/mol. The number of aromatic nitrogens is 1. The third-order valence-corrected chi connectivity index (χ3v) is 5.28. The number of hydrogen-bond donors (Lipinski definition) is 2. The van der Waals surface area contributed by atoms with Gasteiger partial charge in [0.1, 0.15) is 11.5 Å². The molecule has 1 aliphatic heterocycles. The molecule has 0 amide bonds. The number of aliphatic imine (C=N–C) groups is 1. The van der Waals surface area contributed by atoms with Gasteiger partial charge < -0.3 is 19.6 Å². The van der Waals surface area contributed by atoms with Gasteiger partial charge in [0.25, 0.3) is 0 Å². The van der Waals surface area contributed by atoms with Crippen molar-refractivity contribution in [1.29, 1.82) is 0 Å². The minimum Gasteiger partial charge on any atom is -0.468 e. The summed E-state index contributed by atoms with van der Waals surface area (Å²) in [5.41, 5.74) is 1.81. The quantitative estimate of drug-likeness (QED) is 0.436. The minimum atomic E-state index is 0.197. The van der Waals surface area contributed by atoms with E-state index in [1.165, 1.54) is 12.8 Å².